The van der Waals surface area contributed by atoms with Crippen LogP contribution >= 0.6 is 0 Å². The smallest absolute Gasteiger partial charge is 0.224 e. The van der Waals surface area contributed by atoms with E-state index in [1.54, 1.807) is 0 Å². The summed E-state index contributed by atoms with van der Waals surface area (Å²) in [6.45, 7) is 3.82. The van der Waals surface area contributed by atoms with E-state index in [0.717, 1.165) is 39.0 Å². The highest BCUT2D eigenvalue weighted by Gasteiger charge is 2.34. The molecular weight excluding hydrogens is 250 g/mol. The Kier molecular flexibility index (Phi) is 4.03. The van der Waals surface area contributed by atoms with Crippen molar-refractivity contribution < 1.29 is 4.79 Å². The monoisotopic (exact) mass is 273 g/mol. The zero-order chi connectivity index (χ0) is 13.9. The number of likely N-dealkylation sites (tertiary alicyclic amines) is 2. The van der Waals surface area contributed by atoms with Gasteiger partial charge >= 0.3 is 0 Å². The normalized spacial score (nSPS) is 28.1. The molecule has 0 saturated carbocycles. The van der Waals surface area contributed by atoms with Crippen molar-refractivity contribution in [2.45, 2.75) is 37.9 Å². The lowest BCUT2D eigenvalue weighted by molar-refractivity contribution is -0.130. The van der Waals surface area contributed by atoms with Crippen LogP contribution in [0.25, 0.3) is 0 Å². The van der Waals surface area contributed by atoms with Crippen molar-refractivity contribution in [3.63, 3.8) is 0 Å². The van der Waals surface area contributed by atoms with Crippen molar-refractivity contribution in [3.8, 4) is 0 Å². The topological polar surface area (TPSA) is 49.6 Å². The van der Waals surface area contributed by atoms with Gasteiger partial charge in [0, 0.05) is 38.1 Å². The molecule has 2 atom stereocenters. The van der Waals surface area contributed by atoms with Crippen LogP contribution in [-0.2, 0) is 11.3 Å². The number of benzene rings is 1. The number of amides is 1. The summed E-state index contributed by atoms with van der Waals surface area (Å²) < 4.78 is 0. The molecule has 2 saturated heterocycles. The summed E-state index contributed by atoms with van der Waals surface area (Å²) in [5, 5.41) is 0. The average Bonchev–Trinajstić information content (AvgIpc) is 2.79. The Labute approximate surface area is 120 Å². The Hall–Kier alpha value is -1.39. The van der Waals surface area contributed by atoms with Crippen LogP contribution in [-0.4, -0.2) is 47.4 Å². The predicted octanol–water partition coefficient (Wildman–Crippen LogP) is 1.21. The van der Waals surface area contributed by atoms with Gasteiger partial charge in [-0.15, -0.1) is 0 Å². The van der Waals surface area contributed by atoms with E-state index in [0.29, 0.717) is 12.5 Å². The number of carbonyl (C=O) groups excluding carboxylic acids is 1. The van der Waals surface area contributed by atoms with Crippen LogP contribution < -0.4 is 5.73 Å². The van der Waals surface area contributed by atoms with E-state index in [1.165, 1.54) is 5.56 Å². The number of hydrogen-bond donors (Lipinski definition) is 1. The molecule has 1 aromatic carbocycles. The first-order valence-corrected chi connectivity index (χ1v) is 7.53. The summed E-state index contributed by atoms with van der Waals surface area (Å²) >= 11 is 0. The Balaban J connectivity index is 1.61. The molecule has 2 heterocycles. The minimum Gasteiger partial charge on any atom is -0.337 e. The van der Waals surface area contributed by atoms with Gasteiger partial charge in [0.25, 0.3) is 0 Å². The molecule has 0 bridgehead atoms. The maximum absolute atomic E-state index is 12.0. The molecule has 2 aliphatic rings. The molecule has 0 aromatic heterocycles. The van der Waals surface area contributed by atoms with E-state index in [9.17, 15) is 4.79 Å². The van der Waals surface area contributed by atoms with Gasteiger partial charge in [-0.25, -0.2) is 0 Å². The second-order valence-corrected chi connectivity index (χ2v) is 6.03. The van der Waals surface area contributed by atoms with Crippen molar-refractivity contribution in [2.24, 2.45) is 5.73 Å². The SMILES string of the molecule is NC1CC(=O)N([C@@H]2CCCN(Cc3ccccc3)C2)C1. The van der Waals surface area contributed by atoms with Gasteiger partial charge in [0.1, 0.15) is 0 Å². The van der Waals surface area contributed by atoms with Gasteiger partial charge in [-0.3, -0.25) is 9.69 Å². The van der Waals surface area contributed by atoms with Gasteiger partial charge < -0.3 is 10.6 Å². The Morgan fingerprint density at radius 2 is 2.00 bits per heavy atom. The summed E-state index contributed by atoms with van der Waals surface area (Å²) in [5.74, 6) is 0.240. The summed E-state index contributed by atoms with van der Waals surface area (Å²) in [6, 6.07) is 10.9. The van der Waals surface area contributed by atoms with Crippen molar-refractivity contribution in [1.82, 2.24) is 9.80 Å². The number of nitrogens with two attached hydrogens (primary N) is 1. The highest BCUT2D eigenvalue weighted by atomic mass is 16.2. The van der Waals surface area contributed by atoms with E-state index in [1.807, 2.05) is 11.0 Å². The number of rotatable bonds is 3. The molecule has 2 aliphatic heterocycles. The highest BCUT2D eigenvalue weighted by molar-refractivity contribution is 5.79. The van der Waals surface area contributed by atoms with Crippen LogP contribution in [0, 0.1) is 0 Å². The van der Waals surface area contributed by atoms with Crippen LogP contribution in [0.15, 0.2) is 30.3 Å². The molecule has 1 amide bonds. The predicted molar refractivity (Wildman–Crippen MR) is 79.0 cm³/mol. The van der Waals surface area contributed by atoms with E-state index in [-0.39, 0.29) is 11.9 Å². The van der Waals surface area contributed by atoms with Crippen LogP contribution in [0.4, 0.5) is 0 Å². The van der Waals surface area contributed by atoms with Crippen LogP contribution in [0.1, 0.15) is 24.8 Å². The highest BCUT2D eigenvalue weighted by Crippen LogP contribution is 2.22. The first-order chi connectivity index (χ1) is 9.72. The molecule has 0 aliphatic carbocycles. The zero-order valence-electron chi connectivity index (χ0n) is 11.9. The fraction of sp³-hybridized carbons (Fsp3) is 0.562. The first-order valence-electron chi connectivity index (χ1n) is 7.53. The molecule has 3 rings (SSSR count). The van der Waals surface area contributed by atoms with Gasteiger partial charge in [0.05, 0.1) is 0 Å². The minimum absolute atomic E-state index is 0.0343. The molecular formula is C16H23N3O. The Bertz CT molecular complexity index is 462. The van der Waals surface area contributed by atoms with Crippen molar-refractivity contribution in [1.29, 1.82) is 0 Å². The van der Waals surface area contributed by atoms with Gasteiger partial charge in [0.2, 0.25) is 5.91 Å². The quantitative estimate of drug-likeness (QED) is 0.900. The van der Waals surface area contributed by atoms with Crippen LogP contribution in [0.2, 0.25) is 0 Å². The molecule has 2 N–H and O–H groups in total. The third-order valence-corrected chi connectivity index (χ3v) is 4.36. The Morgan fingerprint density at radius 3 is 2.70 bits per heavy atom. The number of nitrogens with zero attached hydrogens (tertiary/aromatic N) is 2. The fourth-order valence-corrected chi connectivity index (χ4v) is 3.38. The third-order valence-electron chi connectivity index (χ3n) is 4.36. The number of hydrogen-bond acceptors (Lipinski definition) is 3. The number of piperidine rings is 1. The maximum Gasteiger partial charge on any atom is 0.224 e. The van der Waals surface area contributed by atoms with E-state index < -0.39 is 0 Å². The van der Waals surface area contributed by atoms with Gasteiger partial charge in [-0.2, -0.15) is 0 Å². The largest absolute Gasteiger partial charge is 0.337 e. The summed E-state index contributed by atoms with van der Waals surface area (Å²) in [6.07, 6.45) is 2.80. The van der Waals surface area contributed by atoms with Gasteiger partial charge in [-0.05, 0) is 24.9 Å². The molecule has 1 aromatic rings. The molecule has 1 unspecified atom stereocenters. The zero-order valence-corrected chi connectivity index (χ0v) is 11.9. The second-order valence-electron chi connectivity index (χ2n) is 6.03. The van der Waals surface area contributed by atoms with Gasteiger partial charge in [0.15, 0.2) is 0 Å². The maximum atomic E-state index is 12.0. The summed E-state index contributed by atoms with van der Waals surface area (Å²) in [5.41, 5.74) is 7.25. The molecule has 2 fully saturated rings. The van der Waals surface area contributed by atoms with Crippen LogP contribution in [0.5, 0.6) is 0 Å². The molecule has 4 nitrogen and oxygen atoms in total. The summed E-state index contributed by atoms with van der Waals surface area (Å²) in [7, 11) is 0. The van der Waals surface area contributed by atoms with Gasteiger partial charge in [-0.1, -0.05) is 30.3 Å². The lowest BCUT2D eigenvalue weighted by Crippen LogP contribution is -2.48. The van der Waals surface area contributed by atoms with Crippen molar-refractivity contribution >= 4 is 5.91 Å². The van der Waals surface area contributed by atoms with E-state index >= 15 is 0 Å². The molecule has 20 heavy (non-hydrogen) atoms. The van der Waals surface area contributed by atoms with Crippen molar-refractivity contribution in [3.05, 3.63) is 35.9 Å². The third kappa shape index (κ3) is 3.02. The lowest BCUT2D eigenvalue weighted by Gasteiger charge is -2.37. The molecule has 108 valence electrons. The Morgan fingerprint density at radius 1 is 1.20 bits per heavy atom. The van der Waals surface area contributed by atoms with E-state index in [2.05, 4.69) is 29.2 Å². The summed E-state index contributed by atoms with van der Waals surface area (Å²) in [4.78, 5) is 16.5. The lowest BCUT2D eigenvalue weighted by atomic mass is 10.0. The number of carbonyl (C=O) groups is 1. The standard InChI is InChI=1S/C16H23N3O/c17-14-9-16(20)19(11-14)15-7-4-8-18(12-15)10-13-5-2-1-3-6-13/h1-3,5-6,14-15H,4,7-12,17H2/t14?,15-/m1/s1. The van der Waals surface area contributed by atoms with Crippen LogP contribution in [0.3, 0.4) is 0 Å². The van der Waals surface area contributed by atoms with E-state index in [4.69, 9.17) is 5.73 Å². The fourth-order valence-electron chi connectivity index (χ4n) is 3.38. The average molecular weight is 273 g/mol. The minimum atomic E-state index is 0.0343. The van der Waals surface area contributed by atoms with Crippen molar-refractivity contribution in [2.75, 3.05) is 19.6 Å². The first kappa shape index (κ1) is 13.6. The molecule has 0 radical (unpaired) electrons. The molecule has 4 heteroatoms. The molecule has 0 spiro atoms. The second kappa shape index (κ2) is 5.94.